The molecule has 0 radical (unpaired) electrons. The van der Waals surface area contributed by atoms with E-state index in [9.17, 15) is 9.59 Å². The van der Waals surface area contributed by atoms with Gasteiger partial charge in [0.05, 0.1) is 5.41 Å². The van der Waals surface area contributed by atoms with Gasteiger partial charge < -0.3 is 0 Å². The highest BCUT2D eigenvalue weighted by atomic mass is 16.2. The van der Waals surface area contributed by atoms with E-state index in [4.69, 9.17) is 0 Å². The van der Waals surface area contributed by atoms with Crippen molar-refractivity contribution in [2.45, 2.75) is 39.5 Å². The van der Waals surface area contributed by atoms with E-state index in [-0.39, 0.29) is 11.6 Å². The first-order valence-electron chi connectivity index (χ1n) is 6.19. The Kier molecular flexibility index (Phi) is 3.14. The number of hydrogen-bond donors (Lipinski definition) is 0. The van der Waals surface area contributed by atoms with Crippen LogP contribution in [0.3, 0.4) is 0 Å². The van der Waals surface area contributed by atoms with Gasteiger partial charge in [0.25, 0.3) is 0 Å². The monoisotopic (exact) mass is 230 g/mol. The number of aryl methyl sites for hydroxylation is 1. The van der Waals surface area contributed by atoms with E-state index in [2.05, 4.69) is 0 Å². The average molecular weight is 230 g/mol. The molecule has 0 aliphatic heterocycles. The minimum absolute atomic E-state index is 0.000278. The fraction of sp³-hybridized carbons (Fsp3) is 0.467. The lowest BCUT2D eigenvalue weighted by molar-refractivity contribution is -0.127. The van der Waals surface area contributed by atoms with Crippen LogP contribution >= 0.6 is 0 Å². The summed E-state index contributed by atoms with van der Waals surface area (Å²) >= 11 is 0. The van der Waals surface area contributed by atoms with E-state index >= 15 is 0 Å². The van der Waals surface area contributed by atoms with Crippen molar-refractivity contribution < 1.29 is 9.59 Å². The number of carbonyl (C=O) groups excluding carboxylic acids is 2. The maximum Gasteiger partial charge on any atom is 0.176 e. The molecule has 17 heavy (non-hydrogen) atoms. The predicted molar refractivity (Wildman–Crippen MR) is 67.1 cm³/mol. The smallest absolute Gasteiger partial charge is 0.176 e. The number of rotatable bonds is 2. The summed E-state index contributed by atoms with van der Waals surface area (Å²) in [6.45, 7) is 3.73. The van der Waals surface area contributed by atoms with Crippen molar-refractivity contribution in [3.63, 3.8) is 0 Å². The molecular weight excluding hydrogens is 212 g/mol. The Morgan fingerprint density at radius 3 is 2.59 bits per heavy atom. The van der Waals surface area contributed by atoms with Crippen molar-refractivity contribution in [2.75, 3.05) is 0 Å². The van der Waals surface area contributed by atoms with E-state index < -0.39 is 5.41 Å². The average Bonchev–Trinajstić information content (AvgIpc) is 2.33. The molecule has 2 rings (SSSR count). The fourth-order valence-electron chi connectivity index (χ4n) is 2.54. The Bertz CT molecular complexity index is 462. The highest BCUT2D eigenvalue weighted by Gasteiger charge is 2.42. The SMILES string of the molecule is Cc1ccccc1C(=O)C1(C)CCCCC1=O. The summed E-state index contributed by atoms with van der Waals surface area (Å²) in [4.78, 5) is 24.6. The second-order valence-corrected chi connectivity index (χ2v) is 5.11. The largest absolute Gasteiger partial charge is 0.299 e. The number of benzene rings is 1. The maximum atomic E-state index is 12.5. The third-order valence-electron chi connectivity index (χ3n) is 3.84. The van der Waals surface area contributed by atoms with Crippen LogP contribution in [0.5, 0.6) is 0 Å². The van der Waals surface area contributed by atoms with Crippen molar-refractivity contribution in [1.29, 1.82) is 0 Å². The molecular formula is C15H18O2. The summed E-state index contributed by atoms with van der Waals surface area (Å²) in [5.74, 6) is 0.109. The molecule has 0 bridgehead atoms. The van der Waals surface area contributed by atoms with E-state index in [0.29, 0.717) is 18.4 Å². The Hall–Kier alpha value is -1.44. The van der Waals surface area contributed by atoms with E-state index in [1.807, 2.05) is 38.1 Å². The molecule has 2 nitrogen and oxygen atoms in total. The van der Waals surface area contributed by atoms with Crippen molar-refractivity contribution in [3.05, 3.63) is 35.4 Å². The first-order valence-corrected chi connectivity index (χ1v) is 6.19. The zero-order valence-corrected chi connectivity index (χ0v) is 10.5. The van der Waals surface area contributed by atoms with Crippen LogP contribution in [0, 0.1) is 12.3 Å². The number of ketones is 2. The van der Waals surface area contributed by atoms with Crippen molar-refractivity contribution in [3.8, 4) is 0 Å². The summed E-state index contributed by atoms with van der Waals surface area (Å²) in [7, 11) is 0. The molecule has 1 aliphatic rings. The van der Waals surface area contributed by atoms with Crippen LogP contribution in [0.4, 0.5) is 0 Å². The van der Waals surface area contributed by atoms with Gasteiger partial charge in [-0.25, -0.2) is 0 Å². The number of hydrogen-bond acceptors (Lipinski definition) is 2. The first kappa shape index (κ1) is 12.0. The lowest BCUT2D eigenvalue weighted by Gasteiger charge is -2.30. The van der Waals surface area contributed by atoms with Gasteiger partial charge in [-0.15, -0.1) is 0 Å². The normalized spacial score (nSPS) is 24.7. The van der Waals surface area contributed by atoms with E-state index in [0.717, 1.165) is 18.4 Å². The van der Waals surface area contributed by atoms with E-state index in [1.54, 1.807) is 0 Å². The van der Waals surface area contributed by atoms with Gasteiger partial charge in [-0.05, 0) is 32.3 Å². The minimum atomic E-state index is -0.787. The molecule has 1 unspecified atom stereocenters. The van der Waals surface area contributed by atoms with E-state index in [1.165, 1.54) is 0 Å². The molecule has 1 saturated carbocycles. The van der Waals surface area contributed by atoms with Crippen LogP contribution in [0.2, 0.25) is 0 Å². The van der Waals surface area contributed by atoms with Gasteiger partial charge in [-0.2, -0.15) is 0 Å². The van der Waals surface area contributed by atoms with Crippen LogP contribution in [-0.2, 0) is 4.79 Å². The zero-order valence-electron chi connectivity index (χ0n) is 10.5. The van der Waals surface area contributed by atoms with Crippen LogP contribution in [0.1, 0.15) is 48.5 Å². The molecule has 0 saturated heterocycles. The third-order valence-corrected chi connectivity index (χ3v) is 3.84. The van der Waals surface area contributed by atoms with Crippen molar-refractivity contribution in [2.24, 2.45) is 5.41 Å². The summed E-state index contributed by atoms with van der Waals surface area (Å²) in [6, 6.07) is 7.52. The minimum Gasteiger partial charge on any atom is -0.299 e. The third kappa shape index (κ3) is 2.04. The van der Waals surface area contributed by atoms with Gasteiger partial charge in [0.2, 0.25) is 0 Å². The lowest BCUT2D eigenvalue weighted by atomic mass is 9.69. The van der Waals surface area contributed by atoms with Crippen LogP contribution in [0.25, 0.3) is 0 Å². The Morgan fingerprint density at radius 1 is 1.24 bits per heavy atom. The first-order chi connectivity index (χ1) is 8.05. The molecule has 0 amide bonds. The molecule has 0 N–H and O–H groups in total. The van der Waals surface area contributed by atoms with Gasteiger partial charge in [0.15, 0.2) is 5.78 Å². The maximum absolute atomic E-state index is 12.5. The van der Waals surface area contributed by atoms with Gasteiger partial charge in [-0.1, -0.05) is 30.7 Å². The van der Waals surface area contributed by atoms with Crippen LogP contribution in [0.15, 0.2) is 24.3 Å². The summed E-state index contributed by atoms with van der Waals surface area (Å²) in [6.07, 6.45) is 3.14. The summed E-state index contributed by atoms with van der Waals surface area (Å²) in [5, 5.41) is 0. The van der Waals surface area contributed by atoms with Crippen LogP contribution in [-0.4, -0.2) is 11.6 Å². The Balaban J connectivity index is 2.37. The van der Waals surface area contributed by atoms with Gasteiger partial charge in [-0.3, -0.25) is 9.59 Å². The van der Waals surface area contributed by atoms with Crippen molar-refractivity contribution >= 4 is 11.6 Å². The van der Waals surface area contributed by atoms with Gasteiger partial charge in [0, 0.05) is 12.0 Å². The number of carbonyl (C=O) groups is 2. The molecule has 1 aromatic carbocycles. The molecule has 0 spiro atoms. The fourth-order valence-corrected chi connectivity index (χ4v) is 2.54. The Morgan fingerprint density at radius 2 is 1.94 bits per heavy atom. The molecule has 90 valence electrons. The topological polar surface area (TPSA) is 34.1 Å². The standard InChI is InChI=1S/C15H18O2/c1-11-7-3-4-8-12(11)14(17)15(2)10-6-5-9-13(15)16/h3-4,7-8H,5-6,9-10H2,1-2H3. The highest BCUT2D eigenvalue weighted by molar-refractivity contribution is 6.15. The molecule has 2 heteroatoms. The lowest BCUT2D eigenvalue weighted by Crippen LogP contribution is -2.39. The molecule has 1 atom stereocenters. The molecule has 1 aliphatic carbocycles. The predicted octanol–water partition coefficient (Wildman–Crippen LogP) is 3.33. The summed E-state index contributed by atoms with van der Waals surface area (Å²) < 4.78 is 0. The zero-order chi connectivity index (χ0) is 12.5. The molecule has 1 aromatic rings. The second-order valence-electron chi connectivity index (χ2n) is 5.11. The highest BCUT2D eigenvalue weighted by Crippen LogP contribution is 2.36. The van der Waals surface area contributed by atoms with Crippen LogP contribution < -0.4 is 0 Å². The quantitative estimate of drug-likeness (QED) is 0.577. The Labute approximate surface area is 102 Å². The second kappa shape index (κ2) is 4.44. The van der Waals surface area contributed by atoms with Gasteiger partial charge >= 0.3 is 0 Å². The molecule has 1 fully saturated rings. The summed E-state index contributed by atoms with van der Waals surface area (Å²) in [5.41, 5.74) is 0.868. The van der Waals surface area contributed by atoms with Crippen molar-refractivity contribution in [1.82, 2.24) is 0 Å². The van der Waals surface area contributed by atoms with Gasteiger partial charge in [0.1, 0.15) is 5.78 Å². The molecule has 0 aromatic heterocycles. The molecule has 0 heterocycles. The number of Topliss-reactive ketones (excluding diaryl/α,β-unsaturated/α-hetero) is 2.